The van der Waals surface area contributed by atoms with E-state index in [-0.39, 0.29) is 22.5 Å². The number of nitrogens with zero attached hydrogens (tertiary/aromatic N) is 2. The second-order valence-electron chi connectivity index (χ2n) is 4.36. The number of halogens is 2. The fraction of sp³-hybridized carbons (Fsp3) is 0.0769. The van der Waals surface area contributed by atoms with Crippen molar-refractivity contribution in [3.8, 4) is 11.5 Å². The Bertz CT molecular complexity index is 937. The minimum atomic E-state index is -3.67. The first-order valence-corrected chi connectivity index (χ1v) is 9.33. The van der Waals surface area contributed by atoms with Gasteiger partial charge in [0.2, 0.25) is 11.8 Å². The van der Waals surface area contributed by atoms with Gasteiger partial charge in [0.05, 0.1) is 21.5 Å². The van der Waals surface area contributed by atoms with Crippen molar-refractivity contribution in [1.29, 1.82) is 0 Å². The van der Waals surface area contributed by atoms with E-state index in [0.717, 1.165) is 11.3 Å². The number of hydrogen-bond acceptors (Lipinski definition) is 6. The number of thiophene rings is 1. The molecular weight excluding hydrogens is 381 g/mol. The Labute approximate surface area is 146 Å². The van der Waals surface area contributed by atoms with Crippen molar-refractivity contribution in [3.05, 3.63) is 51.6 Å². The Morgan fingerprint density at radius 3 is 2.61 bits per heavy atom. The van der Waals surface area contributed by atoms with E-state index in [1.54, 1.807) is 24.3 Å². The minimum Gasteiger partial charge on any atom is -0.419 e. The molecular formula is C13H9Cl2N3O3S2. The number of benzene rings is 1. The molecule has 0 unspecified atom stereocenters. The molecule has 120 valence electrons. The van der Waals surface area contributed by atoms with Crippen LogP contribution in [0.4, 0.5) is 0 Å². The molecule has 0 saturated carbocycles. The third-order valence-corrected chi connectivity index (χ3v) is 6.25. The lowest BCUT2D eigenvalue weighted by Crippen LogP contribution is -2.22. The smallest absolute Gasteiger partial charge is 0.250 e. The van der Waals surface area contributed by atoms with E-state index >= 15 is 0 Å². The maximum Gasteiger partial charge on any atom is 0.250 e. The monoisotopic (exact) mass is 389 g/mol. The summed E-state index contributed by atoms with van der Waals surface area (Å²) in [4.78, 5) is 0. The normalized spacial score (nSPS) is 11.7. The Morgan fingerprint density at radius 1 is 1.13 bits per heavy atom. The average Bonchev–Trinajstić information content (AvgIpc) is 3.15. The Hall–Kier alpha value is -1.45. The van der Waals surface area contributed by atoms with Crippen LogP contribution in [0.25, 0.3) is 11.5 Å². The first-order chi connectivity index (χ1) is 11.0. The highest BCUT2D eigenvalue weighted by atomic mass is 35.5. The zero-order chi connectivity index (χ0) is 16.4. The summed E-state index contributed by atoms with van der Waals surface area (Å²) in [5.41, 5.74) is 0.584. The summed E-state index contributed by atoms with van der Waals surface area (Å²) >= 11 is 12.8. The molecule has 0 aliphatic carbocycles. The highest BCUT2D eigenvalue weighted by molar-refractivity contribution is 7.91. The number of nitrogens with one attached hydrogen (secondary N) is 1. The molecule has 0 spiro atoms. The van der Waals surface area contributed by atoms with Crippen LogP contribution >= 0.6 is 34.5 Å². The predicted molar refractivity (Wildman–Crippen MR) is 88.1 cm³/mol. The lowest BCUT2D eigenvalue weighted by Gasteiger charge is -2.01. The zero-order valence-corrected chi connectivity index (χ0v) is 14.5. The second kappa shape index (κ2) is 6.58. The molecule has 0 atom stereocenters. The van der Waals surface area contributed by atoms with Gasteiger partial charge in [0.15, 0.2) is 0 Å². The molecule has 2 heterocycles. The van der Waals surface area contributed by atoms with Crippen LogP contribution in [0.2, 0.25) is 9.36 Å². The molecule has 1 N–H and O–H groups in total. The van der Waals surface area contributed by atoms with Crippen LogP contribution in [-0.2, 0) is 16.6 Å². The van der Waals surface area contributed by atoms with Crippen LogP contribution in [0.3, 0.4) is 0 Å². The first-order valence-electron chi connectivity index (χ1n) is 6.28. The van der Waals surface area contributed by atoms with Gasteiger partial charge < -0.3 is 4.42 Å². The first kappa shape index (κ1) is 16.4. The van der Waals surface area contributed by atoms with Crippen LogP contribution in [0.15, 0.2) is 45.0 Å². The Kier molecular flexibility index (Phi) is 4.69. The fourth-order valence-electron chi connectivity index (χ4n) is 1.74. The lowest BCUT2D eigenvalue weighted by molar-refractivity contribution is 0.494. The Morgan fingerprint density at radius 2 is 1.91 bits per heavy atom. The second-order valence-corrected chi connectivity index (χ2v) is 8.48. The highest BCUT2D eigenvalue weighted by Crippen LogP contribution is 2.27. The molecule has 0 bridgehead atoms. The number of rotatable bonds is 5. The van der Waals surface area contributed by atoms with E-state index in [2.05, 4.69) is 14.9 Å². The molecule has 0 radical (unpaired) electrons. The van der Waals surface area contributed by atoms with Crippen LogP contribution in [0.1, 0.15) is 5.89 Å². The van der Waals surface area contributed by atoms with Crippen molar-refractivity contribution in [3.63, 3.8) is 0 Å². The molecule has 0 fully saturated rings. The molecule has 23 heavy (non-hydrogen) atoms. The van der Waals surface area contributed by atoms with E-state index in [0.29, 0.717) is 14.9 Å². The van der Waals surface area contributed by atoms with Gasteiger partial charge in [0.25, 0.3) is 10.0 Å². The maximum absolute atomic E-state index is 12.1. The third-order valence-electron chi connectivity index (χ3n) is 2.80. The maximum atomic E-state index is 12.1. The largest absolute Gasteiger partial charge is 0.419 e. The van der Waals surface area contributed by atoms with E-state index in [1.807, 2.05) is 0 Å². The van der Waals surface area contributed by atoms with Gasteiger partial charge in [0.1, 0.15) is 4.21 Å². The van der Waals surface area contributed by atoms with Crippen LogP contribution in [-0.4, -0.2) is 18.6 Å². The van der Waals surface area contributed by atoms with Gasteiger partial charge in [-0.25, -0.2) is 13.1 Å². The summed E-state index contributed by atoms with van der Waals surface area (Å²) < 4.78 is 32.5. The van der Waals surface area contributed by atoms with Gasteiger partial charge >= 0.3 is 0 Å². The van der Waals surface area contributed by atoms with Crippen molar-refractivity contribution in [2.75, 3.05) is 0 Å². The molecule has 3 aromatic rings. The number of sulfonamides is 1. The topological polar surface area (TPSA) is 85.1 Å². The average molecular weight is 390 g/mol. The highest BCUT2D eigenvalue weighted by Gasteiger charge is 2.18. The summed E-state index contributed by atoms with van der Waals surface area (Å²) in [6, 6.07) is 9.94. The quantitative estimate of drug-likeness (QED) is 0.720. The predicted octanol–water partition coefficient (Wildman–Crippen LogP) is 3.58. The fourth-order valence-corrected chi connectivity index (χ4v) is 4.46. The van der Waals surface area contributed by atoms with Gasteiger partial charge in [-0.1, -0.05) is 35.3 Å². The van der Waals surface area contributed by atoms with E-state index in [4.69, 9.17) is 27.6 Å². The van der Waals surface area contributed by atoms with Gasteiger partial charge in [-0.3, -0.25) is 0 Å². The summed E-state index contributed by atoms with van der Waals surface area (Å²) in [6.45, 7) is -0.130. The summed E-state index contributed by atoms with van der Waals surface area (Å²) in [6.07, 6.45) is 0. The van der Waals surface area contributed by atoms with E-state index in [9.17, 15) is 8.42 Å². The molecule has 1 aromatic carbocycles. The van der Waals surface area contributed by atoms with Crippen LogP contribution < -0.4 is 4.72 Å². The molecule has 0 amide bonds. The summed E-state index contributed by atoms with van der Waals surface area (Å²) in [5, 5.41) is 8.15. The van der Waals surface area contributed by atoms with Crippen molar-refractivity contribution in [2.24, 2.45) is 0 Å². The summed E-state index contributed by atoms with van der Waals surface area (Å²) in [5.74, 6) is 0.357. The van der Waals surface area contributed by atoms with Crippen LogP contribution in [0, 0.1) is 0 Å². The molecule has 6 nitrogen and oxygen atoms in total. The Balaban J connectivity index is 1.74. The minimum absolute atomic E-state index is 0.119. The van der Waals surface area contributed by atoms with Crippen molar-refractivity contribution in [1.82, 2.24) is 14.9 Å². The SMILES string of the molecule is O=S(=O)(NCc1nnc(-c2ccccc2Cl)o1)c1ccc(Cl)s1. The van der Waals surface area contributed by atoms with E-state index in [1.165, 1.54) is 12.1 Å². The van der Waals surface area contributed by atoms with Crippen molar-refractivity contribution in [2.45, 2.75) is 10.8 Å². The third kappa shape index (κ3) is 3.73. The van der Waals surface area contributed by atoms with Crippen molar-refractivity contribution >= 4 is 44.6 Å². The number of aromatic nitrogens is 2. The molecule has 2 aromatic heterocycles. The molecule has 0 aliphatic heterocycles. The van der Waals surface area contributed by atoms with Gasteiger partial charge in [-0.05, 0) is 24.3 Å². The zero-order valence-electron chi connectivity index (χ0n) is 11.4. The standard InChI is InChI=1S/C13H9Cl2N3O3S2/c14-9-4-2-1-3-8(9)13-18-17-11(21-13)7-16-23(19,20)12-6-5-10(15)22-12/h1-6,16H,7H2. The number of hydrogen-bond donors (Lipinski definition) is 1. The van der Waals surface area contributed by atoms with Gasteiger partial charge in [0, 0.05) is 0 Å². The van der Waals surface area contributed by atoms with Gasteiger partial charge in [-0.2, -0.15) is 0 Å². The van der Waals surface area contributed by atoms with Crippen LogP contribution in [0.5, 0.6) is 0 Å². The van der Waals surface area contributed by atoms with E-state index < -0.39 is 10.0 Å². The summed E-state index contributed by atoms with van der Waals surface area (Å²) in [7, 11) is -3.67. The lowest BCUT2D eigenvalue weighted by atomic mass is 10.2. The van der Waals surface area contributed by atoms with Crippen molar-refractivity contribution < 1.29 is 12.8 Å². The molecule has 0 aliphatic rings. The van der Waals surface area contributed by atoms with Gasteiger partial charge in [-0.15, -0.1) is 21.5 Å². The molecule has 3 rings (SSSR count). The molecule has 10 heteroatoms. The molecule has 0 saturated heterocycles.